The lowest BCUT2D eigenvalue weighted by Gasteiger charge is -2.24. The summed E-state index contributed by atoms with van der Waals surface area (Å²) in [6.07, 6.45) is 0.243. The minimum atomic E-state index is -2.80. The third-order valence-corrected chi connectivity index (χ3v) is 3.70. The summed E-state index contributed by atoms with van der Waals surface area (Å²) in [5, 5.41) is 0. The predicted octanol–water partition coefficient (Wildman–Crippen LogP) is -0.0158. The van der Waals surface area contributed by atoms with E-state index >= 15 is 0 Å². The number of sulfone groups is 1. The van der Waals surface area contributed by atoms with Gasteiger partial charge in [-0.25, -0.2) is 8.42 Å². The highest BCUT2D eigenvalue weighted by Gasteiger charge is 2.34. The number of esters is 1. The van der Waals surface area contributed by atoms with Crippen molar-refractivity contribution in [3.05, 3.63) is 0 Å². The van der Waals surface area contributed by atoms with E-state index in [-0.39, 0.29) is 29.8 Å². The first-order valence-electron chi connectivity index (χ1n) is 3.89. The Labute approximate surface area is 71.8 Å². The van der Waals surface area contributed by atoms with E-state index in [9.17, 15) is 13.2 Å². The van der Waals surface area contributed by atoms with Gasteiger partial charge in [0.15, 0.2) is 9.84 Å². The van der Waals surface area contributed by atoms with Crippen LogP contribution in [0.1, 0.15) is 13.3 Å². The van der Waals surface area contributed by atoms with E-state index in [1.165, 1.54) is 0 Å². The second kappa shape index (κ2) is 3.43. The topological polar surface area (TPSA) is 60.4 Å². The largest absolute Gasteiger partial charge is 0.466 e. The fourth-order valence-electron chi connectivity index (χ4n) is 1.24. The molecule has 0 amide bonds. The molecular weight excluding hydrogens is 180 g/mol. The van der Waals surface area contributed by atoms with Gasteiger partial charge in [-0.15, -0.1) is 0 Å². The Kier molecular flexibility index (Phi) is 2.72. The lowest BCUT2D eigenvalue weighted by molar-refractivity contribution is -0.143. The van der Waals surface area contributed by atoms with Gasteiger partial charge in [-0.05, 0) is 12.8 Å². The molecule has 0 atom stereocenters. The van der Waals surface area contributed by atoms with E-state index in [1.807, 2.05) is 0 Å². The molecule has 0 radical (unpaired) electrons. The molecule has 4 nitrogen and oxygen atoms in total. The van der Waals surface area contributed by atoms with Crippen LogP contribution in [-0.2, 0) is 19.4 Å². The van der Waals surface area contributed by atoms with Crippen LogP contribution in [0.5, 0.6) is 0 Å². The Morgan fingerprint density at radius 2 is 2.08 bits per heavy atom. The minimum Gasteiger partial charge on any atom is -0.466 e. The average Bonchev–Trinajstić information content (AvgIpc) is 1.83. The Morgan fingerprint density at radius 1 is 1.50 bits per heavy atom. The van der Waals surface area contributed by atoms with Crippen molar-refractivity contribution in [2.24, 2.45) is 5.92 Å². The van der Waals surface area contributed by atoms with Crippen molar-refractivity contribution in [2.45, 2.75) is 13.3 Å². The summed E-state index contributed by atoms with van der Waals surface area (Å²) in [4.78, 5) is 10.8. The van der Waals surface area contributed by atoms with Crippen molar-refractivity contribution in [1.82, 2.24) is 0 Å². The first-order valence-corrected chi connectivity index (χ1v) is 5.71. The van der Waals surface area contributed by atoms with Crippen LogP contribution in [0.2, 0.25) is 0 Å². The van der Waals surface area contributed by atoms with Gasteiger partial charge in [-0.2, -0.15) is 0 Å². The highest BCUT2D eigenvalue weighted by molar-refractivity contribution is 7.92. The molecule has 1 saturated heterocycles. The third-order valence-electron chi connectivity index (χ3n) is 1.74. The maximum Gasteiger partial charge on any atom is 0.306 e. The summed E-state index contributed by atoms with van der Waals surface area (Å²) in [6.45, 7) is 2.09. The van der Waals surface area contributed by atoms with E-state index in [4.69, 9.17) is 0 Å². The number of hydrogen-bond donors (Lipinski definition) is 0. The van der Waals surface area contributed by atoms with Gasteiger partial charge in [-0.1, -0.05) is 0 Å². The number of rotatable bonds is 3. The van der Waals surface area contributed by atoms with Gasteiger partial charge < -0.3 is 4.74 Å². The molecule has 5 heteroatoms. The van der Waals surface area contributed by atoms with Gasteiger partial charge in [-0.3, -0.25) is 4.79 Å². The van der Waals surface area contributed by atoms with Crippen LogP contribution in [0.25, 0.3) is 0 Å². The summed E-state index contributed by atoms with van der Waals surface area (Å²) < 4.78 is 26.1. The van der Waals surface area contributed by atoms with Gasteiger partial charge in [0.1, 0.15) is 0 Å². The van der Waals surface area contributed by atoms with Crippen LogP contribution < -0.4 is 0 Å². The Morgan fingerprint density at radius 3 is 2.50 bits per heavy atom. The average molecular weight is 192 g/mol. The molecule has 0 saturated carbocycles. The van der Waals surface area contributed by atoms with Crippen molar-refractivity contribution < 1.29 is 17.9 Å². The normalized spacial score (nSPS) is 21.4. The second-order valence-corrected chi connectivity index (χ2v) is 5.11. The molecule has 0 aromatic carbocycles. The summed E-state index contributed by atoms with van der Waals surface area (Å²) in [7, 11) is -2.80. The van der Waals surface area contributed by atoms with Crippen molar-refractivity contribution in [3.8, 4) is 0 Å². The van der Waals surface area contributed by atoms with Gasteiger partial charge in [0.05, 0.1) is 24.5 Å². The molecule has 0 bridgehead atoms. The zero-order valence-corrected chi connectivity index (χ0v) is 7.76. The quantitative estimate of drug-likeness (QED) is 0.590. The van der Waals surface area contributed by atoms with E-state index < -0.39 is 9.84 Å². The third kappa shape index (κ3) is 2.48. The Balaban J connectivity index is 2.23. The summed E-state index contributed by atoms with van der Waals surface area (Å²) >= 11 is 0. The first-order chi connectivity index (χ1) is 5.53. The van der Waals surface area contributed by atoms with Crippen LogP contribution in [0.15, 0.2) is 0 Å². The second-order valence-electron chi connectivity index (χ2n) is 2.95. The summed E-state index contributed by atoms with van der Waals surface area (Å²) in [6, 6.07) is 0. The lowest BCUT2D eigenvalue weighted by atomic mass is 10.1. The molecule has 0 aromatic heterocycles. The highest BCUT2D eigenvalue weighted by atomic mass is 32.2. The maximum absolute atomic E-state index is 10.8. The molecule has 1 fully saturated rings. The SMILES string of the molecule is CCOC(=O)CC1CS(=O)(=O)C1. The molecule has 1 rings (SSSR count). The molecule has 0 aliphatic carbocycles. The van der Waals surface area contributed by atoms with E-state index in [0.29, 0.717) is 6.61 Å². The van der Waals surface area contributed by atoms with E-state index in [2.05, 4.69) is 4.74 Å². The number of hydrogen-bond acceptors (Lipinski definition) is 4. The van der Waals surface area contributed by atoms with E-state index in [0.717, 1.165) is 0 Å². The van der Waals surface area contributed by atoms with Crippen LogP contribution in [0, 0.1) is 5.92 Å². The van der Waals surface area contributed by atoms with Crippen molar-refractivity contribution in [1.29, 1.82) is 0 Å². The van der Waals surface area contributed by atoms with Gasteiger partial charge >= 0.3 is 5.97 Å². The molecule has 1 aliphatic rings. The minimum absolute atomic E-state index is 0.00551. The molecule has 0 N–H and O–H groups in total. The molecule has 0 unspecified atom stereocenters. The summed E-state index contributed by atoms with van der Waals surface area (Å²) in [5.74, 6) is -0.0103. The Bertz CT molecular complexity index is 255. The zero-order chi connectivity index (χ0) is 9.19. The number of carbonyl (C=O) groups is 1. The molecular formula is C7H12O4S. The monoisotopic (exact) mass is 192 g/mol. The molecule has 0 spiro atoms. The summed E-state index contributed by atoms with van der Waals surface area (Å²) in [5.41, 5.74) is 0. The van der Waals surface area contributed by atoms with Gasteiger partial charge in [0.2, 0.25) is 0 Å². The van der Waals surface area contributed by atoms with Gasteiger partial charge in [0, 0.05) is 0 Å². The van der Waals surface area contributed by atoms with Crippen molar-refractivity contribution >= 4 is 15.8 Å². The van der Waals surface area contributed by atoms with Crippen molar-refractivity contribution in [3.63, 3.8) is 0 Å². The van der Waals surface area contributed by atoms with E-state index in [1.54, 1.807) is 6.92 Å². The standard InChI is InChI=1S/C7H12O4S/c1-2-11-7(8)3-6-4-12(9,10)5-6/h6H,2-5H2,1H3. The van der Waals surface area contributed by atoms with Crippen LogP contribution in [0.4, 0.5) is 0 Å². The Hall–Kier alpha value is -0.580. The van der Waals surface area contributed by atoms with Crippen LogP contribution >= 0.6 is 0 Å². The predicted molar refractivity (Wildman–Crippen MR) is 43.4 cm³/mol. The maximum atomic E-state index is 10.8. The van der Waals surface area contributed by atoms with Crippen LogP contribution in [0.3, 0.4) is 0 Å². The molecule has 1 heterocycles. The lowest BCUT2D eigenvalue weighted by Crippen LogP contribution is -2.37. The zero-order valence-electron chi connectivity index (χ0n) is 6.95. The fourth-order valence-corrected chi connectivity index (χ4v) is 2.82. The highest BCUT2D eigenvalue weighted by Crippen LogP contribution is 2.21. The van der Waals surface area contributed by atoms with Gasteiger partial charge in [0.25, 0.3) is 0 Å². The first kappa shape index (κ1) is 9.51. The fraction of sp³-hybridized carbons (Fsp3) is 0.857. The molecule has 0 aromatic rings. The smallest absolute Gasteiger partial charge is 0.306 e. The number of carbonyl (C=O) groups excluding carboxylic acids is 1. The molecule has 12 heavy (non-hydrogen) atoms. The number of ether oxygens (including phenoxy) is 1. The van der Waals surface area contributed by atoms with Crippen LogP contribution in [-0.4, -0.2) is 32.5 Å². The van der Waals surface area contributed by atoms with Crippen molar-refractivity contribution in [2.75, 3.05) is 18.1 Å². The molecule has 1 aliphatic heterocycles. The molecule has 70 valence electrons.